The summed E-state index contributed by atoms with van der Waals surface area (Å²) in [5, 5.41) is 2.08. The zero-order chi connectivity index (χ0) is 16.4. The van der Waals surface area contributed by atoms with Crippen molar-refractivity contribution in [1.82, 2.24) is 19.8 Å². The second-order valence-corrected chi connectivity index (χ2v) is 7.20. The first kappa shape index (κ1) is 15.5. The minimum Gasteiger partial charge on any atom is -0.338 e. The Morgan fingerprint density at radius 3 is 2.54 bits per heavy atom. The van der Waals surface area contributed by atoms with Crippen molar-refractivity contribution in [2.24, 2.45) is 0 Å². The lowest BCUT2D eigenvalue weighted by molar-refractivity contribution is -0.140. The number of likely N-dealkylation sites (tertiary alicyclic amines) is 1. The molecule has 7 heteroatoms. The Bertz CT molecular complexity index is 670. The van der Waals surface area contributed by atoms with Crippen LogP contribution in [0.25, 0.3) is 0 Å². The summed E-state index contributed by atoms with van der Waals surface area (Å²) >= 11 is 1.74. The van der Waals surface area contributed by atoms with Gasteiger partial charge in [0, 0.05) is 50.0 Å². The molecule has 0 radical (unpaired) electrons. The standard InChI is InChI=1S/C17H21N5OS/c23-16(22-7-4-14(22)15-3-1-12-24-15)13-20-8-10-21(11-9-20)17-18-5-2-6-19-17/h1-3,5-6,12,14H,4,7-11,13H2. The van der Waals surface area contributed by atoms with Crippen LogP contribution >= 0.6 is 11.3 Å². The van der Waals surface area contributed by atoms with Gasteiger partial charge in [0.2, 0.25) is 11.9 Å². The average Bonchev–Trinajstić information content (AvgIpc) is 3.09. The summed E-state index contributed by atoms with van der Waals surface area (Å²) < 4.78 is 0. The van der Waals surface area contributed by atoms with Crippen molar-refractivity contribution in [2.45, 2.75) is 12.5 Å². The van der Waals surface area contributed by atoms with E-state index in [-0.39, 0.29) is 5.91 Å². The number of nitrogens with zero attached hydrogens (tertiary/aromatic N) is 5. The number of thiophene rings is 1. The molecule has 0 saturated carbocycles. The Morgan fingerprint density at radius 2 is 1.92 bits per heavy atom. The third-order valence-corrected chi connectivity index (χ3v) is 5.75. The predicted octanol–water partition coefficient (Wildman–Crippen LogP) is 1.63. The SMILES string of the molecule is O=C(CN1CCN(c2ncccn2)CC1)N1CCC1c1cccs1. The Kier molecular flexibility index (Phi) is 4.44. The van der Waals surface area contributed by atoms with E-state index in [1.807, 2.05) is 11.0 Å². The molecule has 0 aliphatic carbocycles. The second kappa shape index (κ2) is 6.86. The van der Waals surface area contributed by atoms with E-state index >= 15 is 0 Å². The molecular formula is C17H21N5OS. The van der Waals surface area contributed by atoms with E-state index in [4.69, 9.17) is 0 Å². The number of rotatable bonds is 4. The summed E-state index contributed by atoms with van der Waals surface area (Å²) in [5.41, 5.74) is 0. The first-order valence-corrected chi connectivity index (χ1v) is 9.26. The van der Waals surface area contributed by atoms with Crippen LogP contribution in [0.3, 0.4) is 0 Å². The Labute approximate surface area is 145 Å². The van der Waals surface area contributed by atoms with Crippen molar-refractivity contribution >= 4 is 23.2 Å². The van der Waals surface area contributed by atoms with E-state index in [0.29, 0.717) is 12.6 Å². The molecule has 1 unspecified atom stereocenters. The molecule has 0 bridgehead atoms. The van der Waals surface area contributed by atoms with Gasteiger partial charge in [0.25, 0.3) is 0 Å². The number of anilines is 1. The molecule has 2 fully saturated rings. The summed E-state index contributed by atoms with van der Waals surface area (Å²) in [6, 6.07) is 6.32. The lowest BCUT2D eigenvalue weighted by Gasteiger charge is -2.42. The van der Waals surface area contributed by atoms with Crippen molar-refractivity contribution in [3.05, 3.63) is 40.8 Å². The van der Waals surface area contributed by atoms with Crippen molar-refractivity contribution in [2.75, 3.05) is 44.2 Å². The zero-order valence-electron chi connectivity index (χ0n) is 13.5. The maximum Gasteiger partial charge on any atom is 0.237 e. The third kappa shape index (κ3) is 3.14. The third-order valence-electron chi connectivity index (χ3n) is 4.78. The monoisotopic (exact) mass is 343 g/mol. The van der Waals surface area contributed by atoms with E-state index < -0.39 is 0 Å². The number of carbonyl (C=O) groups excluding carboxylic acids is 1. The van der Waals surface area contributed by atoms with Crippen molar-refractivity contribution < 1.29 is 4.79 Å². The van der Waals surface area contributed by atoms with E-state index in [1.54, 1.807) is 23.7 Å². The second-order valence-electron chi connectivity index (χ2n) is 6.22. The Morgan fingerprint density at radius 1 is 1.12 bits per heavy atom. The van der Waals surface area contributed by atoms with Crippen LogP contribution in [0.5, 0.6) is 0 Å². The molecule has 0 aromatic carbocycles. The molecule has 2 aliphatic rings. The highest BCUT2D eigenvalue weighted by Crippen LogP contribution is 2.35. The fourth-order valence-corrected chi connectivity index (χ4v) is 4.18. The molecule has 1 amide bonds. The normalized spacial score (nSPS) is 21.6. The van der Waals surface area contributed by atoms with Crippen LogP contribution in [-0.4, -0.2) is 64.9 Å². The lowest BCUT2D eigenvalue weighted by Crippen LogP contribution is -2.53. The largest absolute Gasteiger partial charge is 0.338 e. The van der Waals surface area contributed by atoms with Gasteiger partial charge in [0.15, 0.2) is 0 Å². The Hall–Kier alpha value is -1.99. The van der Waals surface area contributed by atoms with E-state index in [0.717, 1.165) is 45.1 Å². The highest BCUT2D eigenvalue weighted by Gasteiger charge is 2.34. The number of carbonyl (C=O) groups is 1. The topological polar surface area (TPSA) is 52.6 Å². The van der Waals surface area contributed by atoms with Gasteiger partial charge in [0.1, 0.15) is 0 Å². The molecule has 4 heterocycles. The van der Waals surface area contributed by atoms with E-state index in [2.05, 4.69) is 37.3 Å². The minimum atomic E-state index is 0.254. The highest BCUT2D eigenvalue weighted by atomic mass is 32.1. The van der Waals surface area contributed by atoms with Gasteiger partial charge in [-0.2, -0.15) is 0 Å². The highest BCUT2D eigenvalue weighted by molar-refractivity contribution is 7.10. The predicted molar refractivity (Wildman–Crippen MR) is 94.1 cm³/mol. The summed E-state index contributed by atoms with van der Waals surface area (Å²) in [4.78, 5) is 29.0. The number of amides is 1. The van der Waals surface area contributed by atoms with Gasteiger partial charge < -0.3 is 9.80 Å². The van der Waals surface area contributed by atoms with Gasteiger partial charge in [-0.05, 0) is 23.9 Å². The van der Waals surface area contributed by atoms with Gasteiger partial charge in [-0.1, -0.05) is 6.07 Å². The number of hydrogen-bond acceptors (Lipinski definition) is 6. The number of piperazine rings is 1. The molecule has 0 spiro atoms. The first-order valence-electron chi connectivity index (χ1n) is 8.38. The van der Waals surface area contributed by atoms with Crippen LogP contribution in [0.15, 0.2) is 36.0 Å². The van der Waals surface area contributed by atoms with Crippen LogP contribution in [0, 0.1) is 0 Å². The molecule has 126 valence electrons. The average molecular weight is 343 g/mol. The van der Waals surface area contributed by atoms with Crippen LogP contribution in [0.1, 0.15) is 17.3 Å². The summed E-state index contributed by atoms with van der Waals surface area (Å²) in [6.45, 7) is 4.89. The number of aromatic nitrogens is 2. The van der Waals surface area contributed by atoms with E-state index in [1.165, 1.54) is 4.88 Å². The van der Waals surface area contributed by atoms with Crippen molar-refractivity contribution in [3.63, 3.8) is 0 Å². The van der Waals surface area contributed by atoms with Crippen LogP contribution in [-0.2, 0) is 4.79 Å². The first-order chi connectivity index (χ1) is 11.8. The minimum absolute atomic E-state index is 0.254. The van der Waals surface area contributed by atoms with Gasteiger partial charge in [-0.15, -0.1) is 11.3 Å². The van der Waals surface area contributed by atoms with Gasteiger partial charge in [-0.25, -0.2) is 9.97 Å². The molecule has 1 atom stereocenters. The van der Waals surface area contributed by atoms with Gasteiger partial charge >= 0.3 is 0 Å². The fourth-order valence-electron chi connectivity index (χ4n) is 3.31. The molecule has 24 heavy (non-hydrogen) atoms. The maximum absolute atomic E-state index is 12.6. The molecule has 4 rings (SSSR count). The quantitative estimate of drug-likeness (QED) is 0.845. The van der Waals surface area contributed by atoms with Crippen LogP contribution < -0.4 is 4.90 Å². The summed E-state index contributed by atoms with van der Waals surface area (Å²) in [5.74, 6) is 1.04. The molecule has 2 aromatic heterocycles. The summed E-state index contributed by atoms with van der Waals surface area (Å²) in [6.07, 6.45) is 4.63. The molecule has 2 aromatic rings. The summed E-state index contributed by atoms with van der Waals surface area (Å²) in [7, 11) is 0. The molecule has 6 nitrogen and oxygen atoms in total. The fraction of sp³-hybridized carbons (Fsp3) is 0.471. The molecule has 0 N–H and O–H groups in total. The molecular weight excluding hydrogens is 322 g/mol. The lowest BCUT2D eigenvalue weighted by atomic mass is 10.0. The molecule has 2 aliphatic heterocycles. The van der Waals surface area contributed by atoms with E-state index in [9.17, 15) is 4.79 Å². The smallest absolute Gasteiger partial charge is 0.237 e. The zero-order valence-corrected chi connectivity index (χ0v) is 14.4. The maximum atomic E-state index is 12.6. The van der Waals surface area contributed by atoms with Crippen molar-refractivity contribution in [1.29, 1.82) is 0 Å². The Balaban J connectivity index is 1.29. The van der Waals surface area contributed by atoms with Gasteiger partial charge in [-0.3, -0.25) is 9.69 Å². The molecule has 2 saturated heterocycles. The number of hydrogen-bond donors (Lipinski definition) is 0. The van der Waals surface area contributed by atoms with Gasteiger partial charge in [0.05, 0.1) is 12.6 Å². The van der Waals surface area contributed by atoms with Crippen molar-refractivity contribution in [3.8, 4) is 0 Å². The van der Waals surface area contributed by atoms with Crippen LogP contribution in [0.2, 0.25) is 0 Å². The van der Waals surface area contributed by atoms with Crippen LogP contribution in [0.4, 0.5) is 5.95 Å².